The summed E-state index contributed by atoms with van der Waals surface area (Å²) in [6.07, 6.45) is 6.39. The van der Waals surface area contributed by atoms with Crippen LogP contribution in [0.5, 0.6) is 0 Å². The van der Waals surface area contributed by atoms with Crippen molar-refractivity contribution in [2.45, 2.75) is 0 Å². The number of hydrogen-bond acceptors (Lipinski definition) is 6. The Balaban J connectivity index is 1.41. The fraction of sp³-hybridized carbons (Fsp3) is 0.200. The molecule has 0 spiro atoms. The van der Waals surface area contributed by atoms with Gasteiger partial charge < -0.3 is 15.1 Å². The predicted molar refractivity (Wildman–Crippen MR) is 104 cm³/mol. The summed E-state index contributed by atoms with van der Waals surface area (Å²) < 4.78 is 26.5. The minimum absolute atomic E-state index is 0.139. The Labute approximate surface area is 166 Å². The standard InChI is InChI=1S/C20H18F2N6O/c21-17-3-2-15(11-18(17)22)26-16-10-14(12-23-13-16)19(29)27-6-8-28(9-7-27)20-24-4-1-5-25-20/h1-5,10-13,26H,6-9H2. The van der Waals surface area contributed by atoms with E-state index in [4.69, 9.17) is 0 Å². The Morgan fingerprint density at radius 2 is 1.69 bits per heavy atom. The molecular formula is C20H18F2N6O. The van der Waals surface area contributed by atoms with Crippen molar-refractivity contribution in [1.29, 1.82) is 0 Å². The molecule has 3 heterocycles. The van der Waals surface area contributed by atoms with E-state index in [1.165, 1.54) is 18.5 Å². The lowest BCUT2D eigenvalue weighted by Crippen LogP contribution is -2.49. The van der Waals surface area contributed by atoms with E-state index in [2.05, 4.69) is 20.3 Å². The molecule has 29 heavy (non-hydrogen) atoms. The van der Waals surface area contributed by atoms with Gasteiger partial charge in [-0.3, -0.25) is 9.78 Å². The van der Waals surface area contributed by atoms with Gasteiger partial charge in [0.1, 0.15) is 0 Å². The van der Waals surface area contributed by atoms with Crippen molar-refractivity contribution >= 4 is 23.2 Å². The lowest BCUT2D eigenvalue weighted by Gasteiger charge is -2.34. The average molecular weight is 396 g/mol. The highest BCUT2D eigenvalue weighted by Crippen LogP contribution is 2.20. The normalized spacial score (nSPS) is 14.0. The van der Waals surface area contributed by atoms with Crippen molar-refractivity contribution in [3.05, 3.63) is 72.3 Å². The molecule has 0 saturated carbocycles. The second-order valence-corrected chi connectivity index (χ2v) is 6.54. The van der Waals surface area contributed by atoms with Gasteiger partial charge in [0, 0.05) is 56.5 Å². The SMILES string of the molecule is O=C(c1cncc(Nc2ccc(F)c(F)c2)c1)N1CCN(c2ncccn2)CC1. The number of carbonyl (C=O) groups is 1. The number of amides is 1. The number of pyridine rings is 1. The van der Waals surface area contributed by atoms with E-state index >= 15 is 0 Å². The molecule has 7 nitrogen and oxygen atoms in total. The van der Waals surface area contributed by atoms with E-state index in [0.717, 1.165) is 12.1 Å². The summed E-state index contributed by atoms with van der Waals surface area (Å²) in [6.45, 7) is 2.35. The van der Waals surface area contributed by atoms with Gasteiger partial charge in [-0.1, -0.05) is 0 Å². The highest BCUT2D eigenvalue weighted by Gasteiger charge is 2.23. The summed E-state index contributed by atoms with van der Waals surface area (Å²) in [5, 5.41) is 2.93. The molecule has 148 valence electrons. The molecule has 0 unspecified atom stereocenters. The highest BCUT2D eigenvalue weighted by molar-refractivity contribution is 5.95. The number of aromatic nitrogens is 3. The van der Waals surface area contributed by atoms with Gasteiger partial charge in [-0.05, 0) is 24.3 Å². The van der Waals surface area contributed by atoms with Gasteiger partial charge in [0.2, 0.25) is 5.95 Å². The Kier molecular flexibility index (Phi) is 5.28. The fourth-order valence-electron chi connectivity index (χ4n) is 3.11. The maximum absolute atomic E-state index is 13.4. The maximum Gasteiger partial charge on any atom is 0.255 e. The number of anilines is 3. The molecule has 4 rings (SSSR count). The summed E-state index contributed by atoms with van der Waals surface area (Å²) >= 11 is 0. The molecule has 1 saturated heterocycles. The summed E-state index contributed by atoms with van der Waals surface area (Å²) in [5.41, 5.74) is 1.30. The Bertz CT molecular complexity index is 1010. The van der Waals surface area contributed by atoms with Crippen LogP contribution in [0.1, 0.15) is 10.4 Å². The van der Waals surface area contributed by atoms with Gasteiger partial charge >= 0.3 is 0 Å². The number of halogens is 2. The third-order valence-corrected chi connectivity index (χ3v) is 4.60. The minimum Gasteiger partial charge on any atom is -0.354 e. The molecule has 1 aliphatic rings. The second-order valence-electron chi connectivity index (χ2n) is 6.54. The van der Waals surface area contributed by atoms with Crippen molar-refractivity contribution in [2.24, 2.45) is 0 Å². The summed E-state index contributed by atoms with van der Waals surface area (Å²) in [6, 6.07) is 6.91. The van der Waals surface area contributed by atoms with Gasteiger partial charge in [0.05, 0.1) is 17.4 Å². The van der Waals surface area contributed by atoms with Crippen LogP contribution in [0, 0.1) is 11.6 Å². The van der Waals surface area contributed by atoms with Gasteiger partial charge in [0.25, 0.3) is 5.91 Å². The third kappa shape index (κ3) is 4.29. The van der Waals surface area contributed by atoms with Crippen LogP contribution in [0.25, 0.3) is 0 Å². The lowest BCUT2D eigenvalue weighted by atomic mass is 10.2. The quantitative estimate of drug-likeness (QED) is 0.731. The van der Waals surface area contributed by atoms with Crippen LogP contribution in [0.15, 0.2) is 55.1 Å². The Morgan fingerprint density at radius 3 is 2.41 bits per heavy atom. The zero-order valence-corrected chi connectivity index (χ0v) is 15.4. The first-order chi connectivity index (χ1) is 14.1. The van der Waals surface area contributed by atoms with Crippen molar-refractivity contribution in [3.63, 3.8) is 0 Å². The minimum atomic E-state index is -0.949. The molecule has 0 radical (unpaired) electrons. The van der Waals surface area contributed by atoms with Crippen molar-refractivity contribution in [1.82, 2.24) is 19.9 Å². The molecule has 1 fully saturated rings. The highest BCUT2D eigenvalue weighted by atomic mass is 19.2. The lowest BCUT2D eigenvalue weighted by molar-refractivity contribution is 0.0746. The number of carbonyl (C=O) groups excluding carboxylic acids is 1. The van der Waals surface area contributed by atoms with Gasteiger partial charge in [0.15, 0.2) is 11.6 Å². The van der Waals surface area contributed by atoms with Gasteiger partial charge in [-0.15, -0.1) is 0 Å². The van der Waals surface area contributed by atoms with Crippen LogP contribution in [0.4, 0.5) is 26.1 Å². The number of nitrogens with one attached hydrogen (secondary N) is 1. The monoisotopic (exact) mass is 396 g/mol. The van der Waals surface area contributed by atoms with Crippen LogP contribution in [0.2, 0.25) is 0 Å². The molecule has 9 heteroatoms. The molecular weight excluding hydrogens is 378 g/mol. The molecule has 0 atom stereocenters. The molecule has 0 bridgehead atoms. The first-order valence-corrected chi connectivity index (χ1v) is 9.08. The summed E-state index contributed by atoms with van der Waals surface area (Å²) in [4.78, 5) is 29.2. The third-order valence-electron chi connectivity index (χ3n) is 4.60. The number of benzene rings is 1. The van der Waals surface area contributed by atoms with Gasteiger partial charge in [-0.25, -0.2) is 18.7 Å². The zero-order valence-electron chi connectivity index (χ0n) is 15.4. The predicted octanol–water partition coefficient (Wildman–Crippen LogP) is 2.86. The van der Waals surface area contributed by atoms with Crippen LogP contribution >= 0.6 is 0 Å². The average Bonchev–Trinajstić information content (AvgIpc) is 2.77. The smallest absolute Gasteiger partial charge is 0.255 e. The topological polar surface area (TPSA) is 74.2 Å². The zero-order chi connectivity index (χ0) is 20.2. The van der Waals surface area contributed by atoms with Crippen LogP contribution < -0.4 is 10.2 Å². The van der Waals surface area contributed by atoms with Crippen molar-refractivity contribution in [2.75, 3.05) is 36.4 Å². The Morgan fingerprint density at radius 1 is 0.931 bits per heavy atom. The second kappa shape index (κ2) is 8.17. The molecule has 3 aromatic rings. The number of piperazine rings is 1. The van der Waals surface area contributed by atoms with Crippen LogP contribution in [-0.2, 0) is 0 Å². The first-order valence-electron chi connectivity index (χ1n) is 9.08. The number of rotatable bonds is 4. The van der Waals surface area contributed by atoms with Crippen LogP contribution in [0.3, 0.4) is 0 Å². The van der Waals surface area contributed by atoms with Gasteiger partial charge in [-0.2, -0.15) is 0 Å². The molecule has 1 N–H and O–H groups in total. The molecule has 0 aliphatic carbocycles. The summed E-state index contributed by atoms with van der Waals surface area (Å²) in [7, 11) is 0. The molecule has 1 amide bonds. The number of hydrogen-bond donors (Lipinski definition) is 1. The van der Waals surface area contributed by atoms with Crippen molar-refractivity contribution < 1.29 is 13.6 Å². The van der Waals surface area contributed by atoms with Crippen LogP contribution in [-0.4, -0.2) is 51.9 Å². The molecule has 2 aromatic heterocycles. The Hall–Kier alpha value is -3.62. The largest absolute Gasteiger partial charge is 0.354 e. The van der Waals surface area contributed by atoms with E-state index in [9.17, 15) is 13.6 Å². The molecule has 1 aliphatic heterocycles. The first kappa shape index (κ1) is 18.7. The van der Waals surface area contributed by atoms with E-state index in [0.29, 0.717) is 49.1 Å². The molecule has 1 aromatic carbocycles. The van der Waals surface area contributed by atoms with Crippen molar-refractivity contribution in [3.8, 4) is 0 Å². The summed E-state index contributed by atoms with van der Waals surface area (Å²) in [5.74, 6) is -1.35. The van der Waals surface area contributed by atoms with E-state index < -0.39 is 11.6 Å². The fourth-order valence-corrected chi connectivity index (χ4v) is 3.11. The maximum atomic E-state index is 13.4. The van der Waals surface area contributed by atoms with E-state index in [1.807, 2.05) is 4.90 Å². The number of nitrogens with zero attached hydrogens (tertiary/aromatic N) is 5. The van der Waals surface area contributed by atoms with E-state index in [1.54, 1.807) is 29.4 Å². The van der Waals surface area contributed by atoms with E-state index in [-0.39, 0.29) is 5.91 Å².